The minimum absolute atomic E-state index is 0.000943. The summed E-state index contributed by atoms with van der Waals surface area (Å²) < 4.78 is 12.9. The molecule has 1 heterocycles. The molecule has 2 aliphatic rings. The number of likely N-dealkylation sites (tertiary alicyclic amines) is 1. The van der Waals surface area contributed by atoms with Crippen molar-refractivity contribution >= 4 is 29.1 Å². The summed E-state index contributed by atoms with van der Waals surface area (Å²) in [6.45, 7) is 1.98. The van der Waals surface area contributed by atoms with E-state index in [1.165, 1.54) is 5.56 Å². The number of methoxy groups -OCH3 is 2. The van der Waals surface area contributed by atoms with Crippen molar-refractivity contribution in [1.82, 2.24) is 5.32 Å². The second-order valence-corrected chi connectivity index (χ2v) is 11.3. The lowest BCUT2D eigenvalue weighted by molar-refractivity contribution is -0.905. The van der Waals surface area contributed by atoms with Gasteiger partial charge in [-0.25, -0.2) is 0 Å². The fourth-order valence-electron chi connectivity index (χ4n) is 6.22. The van der Waals surface area contributed by atoms with Crippen molar-refractivity contribution < 1.29 is 18.8 Å². The number of hydrogen-bond acceptors (Lipinski definition) is 3. The molecule has 2 aromatic carbocycles. The van der Waals surface area contributed by atoms with Gasteiger partial charge in [0.2, 0.25) is 5.91 Å². The first kappa shape index (κ1) is 25.3. The smallest absolute Gasteiger partial charge is 0.224 e. The average Bonchev–Trinajstić information content (AvgIpc) is 2.81. The van der Waals surface area contributed by atoms with Gasteiger partial charge in [-0.1, -0.05) is 41.4 Å². The fourth-order valence-corrected chi connectivity index (χ4v) is 6.55. The molecule has 4 rings (SSSR count). The summed E-state index contributed by atoms with van der Waals surface area (Å²) in [6, 6.07) is 13.8. The van der Waals surface area contributed by atoms with Crippen molar-refractivity contribution in [3.05, 3.63) is 63.6 Å². The van der Waals surface area contributed by atoms with E-state index in [4.69, 9.17) is 32.7 Å². The van der Waals surface area contributed by atoms with Gasteiger partial charge in [0.1, 0.15) is 17.9 Å². The van der Waals surface area contributed by atoms with Crippen LogP contribution in [0.2, 0.25) is 10.0 Å². The molecular weight excluding hydrogens is 471 g/mol. The molecule has 1 aliphatic heterocycles. The van der Waals surface area contributed by atoms with Crippen molar-refractivity contribution in [1.29, 1.82) is 0 Å². The van der Waals surface area contributed by atoms with Crippen LogP contribution in [0.25, 0.3) is 0 Å². The highest BCUT2D eigenvalue weighted by atomic mass is 35.5. The van der Waals surface area contributed by atoms with Crippen LogP contribution in [0.1, 0.15) is 36.8 Å². The maximum Gasteiger partial charge on any atom is 0.224 e. The normalized spacial score (nSPS) is 28.1. The van der Waals surface area contributed by atoms with Gasteiger partial charge in [0.15, 0.2) is 0 Å². The third-order valence-electron chi connectivity index (χ3n) is 7.92. The number of fused-ring (bicyclic) bond motifs is 1. The number of quaternary nitrogens is 1. The monoisotopic (exact) mass is 505 g/mol. The molecule has 1 aliphatic carbocycles. The topological polar surface area (TPSA) is 47.6 Å². The Bertz CT molecular complexity index is 1060. The third-order valence-corrected chi connectivity index (χ3v) is 8.66. The zero-order chi connectivity index (χ0) is 24.6. The van der Waals surface area contributed by atoms with Gasteiger partial charge in [-0.15, -0.1) is 0 Å². The average molecular weight is 506 g/mol. The van der Waals surface area contributed by atoms with E-state index in [1.54, 1.807) is 19.2 Å². The van der Waals surface area contributed by atoms with Gasteiger partial charge in [-0.05, 0) is 54.7 Å². The molecule has 2 fully saturated rings. The van der Waals surface area contributed by atoms with E-state index in [1.807, 2.05) is 19.2 Å². The lowest BCUT2D eigenvalue weighted by Crippen LogP contribution is -2.71. The zero-order valence-corrected chi connectivity index (χ0v) is 22.0. The van der Waals surface area contributed by atoms with Crippen molar-refractivity contribution in [3.8, 4) is 5.75 Å². The molecule has 0 unspecified atom stereocenters. The molecule has 0 bridgehead atoms. The lowest BCUT2D eigenvalue weighted by Gasteiger charge is -2.60. The number of piperidine rings is 1. The van der Waals surface area contributed by atoms with Crippen LogP contribution in [0.15, 0.2) is 42.5 Å². The Balaban J connectivity index is 1.61. The van der Waals surface area contributed by atoms with E-state index >= 15 is 0 Å². The van der Waals surface area contributed by atoms with E-state index in [-0.39, 0.29) is 29.4 Å². The summed E-state index contributed by atoms with van der Waals surface area (Å²) in [6.07, 6.45) is 3.87. The molecule has 1 N–H and O–H groups in total. The highest BCUT2D eigenvalue weighted by Gasteiger charge is 2.62. The molecule has 34 heavy (non-hydrogen) atoms. The number of carbonyl (C=O) groups is 1. The van der Waals surface area contributed by atoms with Crippen LogP contribution in [0, 0.1) is 0 Å². The summed E-state index contributed by atoms with van der Waals surface area (Å²) >= 11 is 12.2. The number of amides is 1. The van der Waals surface area contributed by atoms with Gasteiger partial charge in [0.25, 0.3) is 0 Å². The summed E-state index contributed by atoms with van der Waals surface area (Å²) in [4.78, 5) is 13.0. The third kappa shape index (κ3) is 4.81. The highest BCUT2D eigenvalue weighted by Crippen LogP contribution is 2.54. The number of ether oxygens (including phenoxy) is 2. The summed E-state index contributed by atoms with van der Waals surface area (Å²) in [7, 11) is 8.11. The fraction of sp³-hybridized carbons (Fsp3) is 0.519. The molecule has 1 amide bonds. The quantitative estimate of drug-likeness (QED) is 0.560. The predicted molar refractivity (Wildman–Crippen MR) is 137 cm³/mol. The molecule has 7 heteroatoms. The molecule has 1 saturated carbocycles. The van der Waals surface area contributed by atoms with Crippen LogP contribution in [0.5, 0.6) is 5.75 Å². The Hall–Kier alpha value is -1.79. The largest absolute Gasteiger partial charge is 0.497 e. The van der Waals surface area contributed by atoms with Gasteiger partial charge in [0.05, 0.1) is 44.2 Å². The van der Waals surface area contributed by atoms with E-state index in [9.17, 15) is 4.79 Å². The van der Waals surface area contributed by atoms with Crippen LogP contribution in [0.3, 0.4) is 0 Å². The number of rotatable bonds is 6. The first-order valence-corrected chi connectivity index (χ1v) is 12.6. The minimum atomic E-state index is -0.300. The maximum absolute atomic E-state index is 13.0. The molecule has 2 aromatic rings. The van der Waals surface area contributed by atoms with Gasteiger partial charge < -0.3 is 19.3 Å². The predicted octanol–water partition coefficient (Wildman–Crippen LogP) is 5.02. The highest BCUT2D eigenvalue weighted by molar-refractivity contribution is 6.42. The van der Waals surface area contributed by atoms with Gasteiger partial charge in [-0.2, -0.15) is 0 Å². The number of nitrogens with zero attached hydrogens (tertiary/aromatic N) is 1. The number of likely N-dealkylation sites (N-methyl/N-ethyl adjacent to an activating group) is 1. The van der Waals surface area contributed by atoms with E-state index in [0.717, 1.165) is 54.6 Å². The Morgan fingerprint density at radius 1 is 1.12 bits per heavy atom. The van der Waals surface area contributed by atoms with Crippen molar-refractivity contribution in [2.24, 2.45) is 0 Å². The zero-order valence-electron chi connectivity index (χ0n) is 20.5. The Morgan fingerprint density at radius 3 is 2.62 bits per heavy atom. The summed E-state index contributed by atoms with van der Waals surface area (Å²) in [5.41, 5.74) is 1.58. The van der Waals surface area contributed by atoms with Crippen LogP contribution in [-0.4, -0.2) is 63.4 Å². The summed E-state index contributed by atoms with van der Waals surface area (Å²) in [5.74, 6) is 0.850. The molecule has 3 atom stereocenters. The molecule has 5 nitrogen and oxygen atoms in total. The molecular formula is C27H35Cl2N2O3+. The van der Waals surface area contributed by atoms with Gasteiger partial charge in [0, 0.05) is 25.0 Å². The number of carbonyl (C=O) groups excluding carboxylic acids is 1. The van der Waals surface area contributed by atoms with Crippen molar-refractivity contribution in [2.75, 3.05) is 41.4 Å². The van der Waals surface area contributed by atoms with E-state index in [0.29, 0.717) is 10.0 Å². The maximum atomic E-state index is 13.0. The Morgan fingerprint density at radius 2 is 1.91 bits per heavy atom. The van der Waals surface area contributed by atoms with Crippen LogP contribution >= 0.6 is 23.2 Å². The second-order valence-electron chi connectivity index (χ2n) is 10.5. The number of hydrogen-bond donors (Lipinski definition) is 1. The van der Waals surface area contributed by atoms with E-state index < -0.39 is 0 Å². The molecule has 0 radical (unpaired) electrons. The first-order chi connectivity index (χ1) is 16.1. The lowest BCUT2D eigenvalue weighted by atomic mass is 9.54. The number of nitrogens with one attached hydrogen (secondary N) is 1. The molecule has 0 spiro atoms. The number of benzene rings is 2. The number of halogens is 2. The second kappa shape index (κ2) is 9.69. The minimum Gasteiger partial charge on any atom is -0.497 e. The van der Waals surface area contributed by atoms with E-state index in [2.05, 4.69) is 37.6 Å². The molecule has 0 aromatic heterocycles. The standard InChI is InChI=1S/C27H34Cl2N2O3/c1-31(2)13-12-26(20-6-5-7-22(16-20)33-3)17-21(10-11-27(26,18-31)34-4)30-25(32)15-19-8-9-23(28)24(29)14-19/h5-9,14,16,21H,10-13,15,17-18H2,1-4H3/p+1/t21-,26+,27+/m1/s1. The van der Waals surface area contributed by atoms with Crippen molar-refractivity contribution in [2.45, 2.75) is 49.2 Å². The van der Waals surface area contributed by atoms with Gasteiger partial charge in [-0.3, -0.25) is 4.79 Å². The Labute approximate surface area is 212 Å². The molecule has 1 saturated heterocycles. The van der Waals surface area contributed by atoms with Crippen LogP contribution in [-0.2, 0) is 21.4 Å². The molecule has 184 valence electrons. The SMILES string of the molecule is COc1cccc([C@@]23CC[N+](C)(C)C[C@@]2(OC)CC[C@@H](NC(=O)Cc2ccc(Cl)c(Cl)c2)C3)c1. The van der Waals surface area contributed by atoms with Crippen LogP contribution < -0.4 is 10.1 Å². The Kier molecular flexibility index (Phi) is 7.21. The van der Waals surface area contributed by atoms with Gasteiger partial charge >= 0.3 is 0 Å². The summed E-state index contributed by atoms with van der Waals surface area (Å²) in [5, 5.41) is 4.27. The first-order valence-electron chi connectivity index (χ1n) is 11.9. The van der Waals surface area contributed by atoms with Crippen molar-refractivity contribution in [3.63, 3.8) is 0 Å². The van der Waals surface area contributed by atoms with Crippen LogP contribution in [0.4, 0.5) is 0 Å².